The molecule has 0 unspecified atom stereocenters. The maximum atomic E-state index is 13.2. The third-order valence-electron chi connectivity index (χ3n) is 3.74. The Labute approximate surface area is 170 Å². The Balaban J connectivity index is 2.57. The lowest BCUT2D eigenvalue weighted by atomic mass is 10.1. The van der Waals surface area contributed by atoms with Crippen LogP contribution in [0.1, 0.15) is 33.3 Å². The van der Waals surface area contributed by atoms with E-state index in [9.17, 15) is 22.8 Å². The summed E-state index contributed by atoms with van der Waals surface area (Å²) in [6.07, 6.45) is -6.78. The molecular formula is C19H21F3N2O6. The first-order chi connectivity index (χ1) is 14.1. The molecule has 0 bridgehead atoms. The van der Waals surface area contributed by atoms with Gasteiger partial charge in [-0.25, -0.2) is 14.5 Å². The van der Waals surface area contributed by atoms with Crippen molar-refractivity contribution in [3.8, 4) is 0 Å². The molecule has 0 atom stereocenters. The van der Waals surface area contributed by atoms with Crippen molar-refractivity contribution in [1.29, 1.82) is 0 Å². The Morgan fingerprint density at radius 2 is 1.47 bits per heavy atom. The number of ether oxygens (including phenoxy) is 4. The number of benzene rings is 1. The van der Waals surface area contributed by atoms with Crippen molar-refractivity contribution in [3.63, 3.8) is 0 Å². The molecule has 0 aromatic heterocycles. The monoisotopic (exact) mass is 430 g/mol. The third kappa shape index (κ3) is 5.37. The van der Waals surface area contributed by atoms with Crippen molar-refractivity contribution in [3.05, 3.63) is 53.0 Å². The van der Waals surface area contributed by atoms with Crippen LogP contribution in [0.4, 0.5) is 28.4 Å². The second-order valence-corrected chi connectivity index (χ2v) is 5.94. The number of hydrogen-bond donors (Lipinski definition) is 1. The van der Waals surface area contributed by atoms with Crippen molar-refractivity contribution in [1.82, 2.24) is 5.32 Å². The van der Waals surface area contributed by atoms with E-state index in [-0.39, 0.29) is 42.1 Å². The molecule has 1 N–H and O–H groups in total. The number of halogens is 3. The van der Waals surface area contributed by atoms with E-state index in [1.807, 2.05) is 0 Å². The highest BCUT2D eigenvalue weighted by Crippen LogP contribution is 2.36. The van der Waals surface area contributed by atoms with E-state index in [0.29, 0.717) is 0 Å². The molecule has 1 aromatic rings. The Morgan fingerprint density at radius 1 is 0.967 bits per heavy atom. The van der Waals surface area contributed by atoms with Crippen LogP contribution in [0, 0.1) is 0 Å². The van der Waals surface area contributed by atoms with Gasteiger partial charge >= 0.3 is 18.5 Å². The number of anilines is 1. The van der Waals surface area contributed by atoms with Crippen LogP contribution < -0.4 is 10.2 Å². The van der Waals surface area contributed by atoms with Crippen LogP contribution >= 0.6 is 0 Å². The molecule has 1 aliphatic rings. The first-order valence-electron chi connectivity index (χ1n) is 8.93. The maximum Gasteiger partial charge on any atom is 0.515 e. The standard InChI is InChI=1S/C19H21F3N2O6/c1-5-27-17(25)29-15-11(3)23-12(4)16(30-18(26)28-6-2)24(15)14-9-7-8-13(10-14)19(20,21)22/h7-10,23H,5-6H2,1-4H3. The maximum absolute atomic E-state index is 13.2. The van der Waals surface area contributed by atoms with E-state index in [1.54, 1.807) is 13.8 Å². The summed E-state index contributed by atoms with van der Waals surface area (Å²) in [5, 5.41) is 2.85. The van der Waals surface area contributed by atoms with Crippen LogP contribution in [0.15, 0.2) is 47.4 Å². The van der Waals surface area contributed by atoms with Gasteiger partial charge in [-0.1, -0.05) is 6.07 Å². The van der Waals surface area contributed by atoms with Crippen molar-refractivity contribution in [2.75, 3.05) is 18.1 Å². The summed E-state index contributed by atoms with van der Waals surface area (Å²) < 4.78 is 59.6. The van der Waals surface area contributed by atoms with Gasteiger partial charge in [-0.05, 0) is 45.9 Å². The van der Waals surface area contributed by atoms with Crippen molar-refractivity contribution >= 4 is 18.0 Å². The van der Waals surface area contributed by atoms with Gasteiger partial charge in [0.25, 0.3) is 0 Å². The first-order valence-corrected chi connectivity index (χ1v) is 8.93. The van der Waals surface area contributed by atoms with Gasteiger partial charge < -0.3 is 24.3 Å². The molecular weight excluding hydrogens is 409 g/mol. The summed E-state index contributed by atoms with van der Waals surface area (Å²) in [6, 6.07) is 4.23. The minimum absolute atomic E-state index is 0.0171. The molecule has 1 aliphatic heterocycles. The molecule has 0 saturated carbocycles. The van der Waals surface area contributed by atoms with Crippen LogP contribution in [0.5, 0.6) is 0 Å². The molecule has 1 heterocycles. The summed E-state index contributed by atoms with van der Waals surface area (Å²) in [5.41, 5.74) is -0.466. The molecule has 164 valence electrons. The van der Waals surface area contributed by atoms with Gasteiger partial charge in [0.05, 0.1) is 35.9 Å². The van der Waals surface area contributed by atoms with Gasteiger partial charge in [0, 0.05) is 0 Å². The van der Waals surface area contributed by atoms with E-state index in [0.717, 1.165) is 17.0 Å². The molecule has 0 aliphatic carbocycles. The van der Waals surface area contributed by atoms with Crippen LogP contribution in [0.3, 0.4) is 0 Å². The number of carbonyl (C=O) groups is 2. The zero-order valence-corrected chi connectivity index (χ0v) is 16.8. The quantitative estimate of drug-likeness (QED) is 0.665. The van der Waals surface area contributed by atoms with Crippen molar-refractivity contribution in [2.24, 2.45) is 0 Å². The Hall–Kier alpha value is -3.37. The zero-order chi connectivity index (χ0) is 22.5. The molecule has 2 rings (SSSR count). The molecule has 1 aromatic carbocycles. The predicted octanol–water partition coefficient (Wildman–Crippen LogP) is 4.84. The highest BCUT2D eigenvalue weighted by atomic mass is 19.4. The van der Waals surface area contributed by atoms with Gasteiger partial charge in [0.1, 0.15) is 0 Å². The molecule has 0 fully saturated rings. The predicted molar refractivity (Wildman–Crippen MR) is 98.7 cm³/mol. The topological polar surface area (TPSA) is 86.3 Å². The van der Waals surface area contributed by atoms with E-state index < -0.39 is 24.1 Å². The Morgan fingerprint density at radius 3 is 1.90 bits per heavy atom. The minimum Gasteiger partial charge on any atom is -0.434 e. The number of carbonyl (C=O) groups excluding carboxylic acids is 2. The normalized spacial score (nSPS) is 14.3. The molecule has 0 saturated heterocycles. The number of nitrogens with zero attached hydrogens (tertiary/aromatic N) is 1. The number of rotatable bonds is 5. The Bertz CT molecular complexity index is 837. The fourth-order valence-electron chi connectivity index (χ4n) is 2.57. The summed E-state index contributed by atoms with van der Waals surface area (Å²) in [5.74, 6) is -0.449. The zero-order valence-electron chi connectivity index (χ0n) is 16.8. The summed E-state index contributed by atoms with van der Waals surface area (Å²) >= 11 is 0. The average molecular weight is 430 g/mol. The lowest BCUT2D eigenvalue weighted by Crippen LogP contribution is -2.37. The minimum atomic E-state index is -4.62. The van der Waals surface area contributed by atoms with Gasteiger partial charge in [0.2, 0.25) is 11.8 Å². The van der Waals surface area contributed by atoms with Gasteiger partial charge in [0.15, 0.2) is 0 Å². The first kappa shape index (κ1) is 22.9. The van der Waals surface area contributed by atoms with E-state index in [4.69, 9.17) is 18.9 Å². The van der Waals surface area contributed by atoms with Crippen LogP contribution in [-0.2, 0) is 25.1 Å². The van der Waals surface area contributed by atoms with E-state index in [1.165, 1.54) is 26.0 Å². The second kappa shape index (κ2) is 9.42. The van der Waals surface area contributed by atoms with Crippen LogP contribution in [0.25, 0.3) is 0 Å². The third-order valence-corrected chi connectivity index (χ3v) is 3.74. The van der Waals surface area contributed by atoms with Gasteiger partial charge in [-0.15, -0.1) is 0 Å². The average Bonchev–Trinajstić information content (AvgIpc) is 2.65. The highest BCUT2D eigenvalue weighted by molar-refractivity contribution is 5.69. The lowest BCUT2D eigenvalue weighted by Gasteiger charge is -2.33. The van der Waals surface area contributed by atoms with Crippen molar-refractivity contribution < 1.29 is 41.7 Å². The summed E-state index contributed by atoms with van der Waals surface area (Å²) in [6.45, 7) is 6.21. The number of alkyl halides is 3. The second-order valence-electron chi connectivity index (χ2n) is 5.94. The lowest BCUT2D eigenvalue weighted by molar-refractivity contribution is -0.137. The summed E-state index contributed by atoms with van der Waals surface area (Å²) in [7, 11) is 0. The molecule has 30 heavy (non-hydrogen) atoms. The van der Waals surface area contributed by atoms with Gasteiger partial charge in [-0.2, -0.15) is 13.2 Å². The largest absolute Gasteiger partial charge is 0.515 e. The molecule has 0 spiro atoms. The van der Waals surface area contributed by atoms with Crippen molar-refractivity contribution in [2.45, 2.75) is 33.9 Å². The van der Waals surface area contributed by atoms with E-state index >= 15 is 0 Å². The van der Waals surface area contributed by atoms with Crippen LogP contribution in [0.2, 0.25) is 0 Å². The fourth-order valence-corrected chi connectivity index (χ4v) is 2.57. The molecule has 0 radical (unpaired) electrons. The van der Waals surface area contributed by atoms with Gasteiger partial charge in [-0.3, -0.25) is 0 Å². The molecule has 11 heteroatoms. The fraction of sp³-hybridized carbons (Fsp3) is 0.368. The smallest absolute Gasteiger partial charge is 0.434 e. The number of hydrogen-bond acceptors (Lipinski definition) is 8. The SMILES string of the molecule is CCOC(=O)OC1=C(C)NC(C)=C(OC(=O)OCC)N1c1cccc(C(F)(F)F)c1. The summed E-state index contributed by atoms with van der Waals surface area (Å²) in [4.78, 5) is 24.9. The van der Waals surface area contributed by atoms with E-state index in [2.05, 4.69) is 5.32 Å². The number of nitrogens with one attached hydrogen (secondary N) is 1. The Kier molecular flexibility index (Phi) is 7.19. The highest BCUT2D eigenvalue weighted by Gasteiger charge is 2.35. The van der Waals surface area contributed by atoms with Crippen LogP contribution in [-0.4, -0.2) is 25.5 Å². The molecule has 0 amide bonds. The molecule has 8 nitrogen and oxygen atoms in total. The number of allylic oxidation sites excluding steroid dienone is 2.